The Bertz CT molecular complexity index is 82.4. The Morgan fingerprint density at radius 3 is 2.88 bits per heavy atom. The molecule has 0 amide bonds. The topological polar surface area (TPSA) is 9.23 Å². The molecule has 0 N–H and O–H groups in total. The zero-order valence-electron chi connectivity index (χ0n) is 5.26. The van der Waals surface area contributed by atoms with Gasteiger partial charge in [-0.2, -0.15) is 0 Å². The van der Waals surface area contributed by atoms with Gasteiger partial charge < -0.3 is 4.74 Å². The van der Waals surface area contributed by atoms with Crippen LogP contribution in [-0.2, 0) is 4.74 Å². The average molecular weight is 112 g/mol. The molecule has 0 heterocycles. The molecule has 1 nitrogen and oxygen atoms in total. The van der Waals surface area contributed by atoms with Gasteiger partial charge in [0, 0.05) is 0 Å². The van der Waals surface area contributed by atoms with Gasteiger partial charge in [-0.15, -0.1) is 0 Å². The summed E-state index contributed by atoms with van der Waals surface area (Å²) in [6.45, 7) is 2.90. The molecule has 0 saturated heterocycles. The summed E-state index contributed by atoms with van der Waals surface area (Å²) in [5, 5.41) is 0. The molecule has 0 spiro atoms. The Labute approximate surface area is 50.3 Å². The van der Waals surface area contributed by atoms with Crippen LogP contribution in [0.2, 0.25) is 0 Å². The van der Waals surface area contributed by atoms with Crippen molar-refractivity contribution < 1.29 is 4.74 Å². The summed E-state index contributed by atoms with van der Waals surface area (Å²) in [4.78, 5) is 0. The van der Waals surface area contributed by atoms with Crippen LogP contribution in [0.5, 0.6) is 0 Å². The van der Waals surface area contributed by atoms with Crippen LogP contribution in [0.1, 0.15) is 19.8 Å². The van der Waals surface area contributed by atoms with Crippen LogP contribution in [0.4, 0.5) is 0 Å². The summed E-state index contributed by atoms with van der Waals surface area (Å²) in [6, 6.07) is 0. The molecule has 0 bridgehead atoms. The fourth-order valence-electron chi connectivity index (χ4n) is 0.572. The van der Waals surface area contributed by atoms with Crippen molar-refractivity contribution in [1.82, 2.24) is 0 Å². The number of rotatable bonds is 3. The molecular weight excluding hydrogens is 100 g/mol. The molecule has 0 aromatic heterocycles. The first-order chi connectivity index (χ1) is 3.93. The normalized spacial score (nSPS) is 19.6. The molecular formula is C7H12O. The lowest BCUT2D eigenvalue weighted by Gasteiger charge is -1.93. The summed E-state index contributed by atoms with van der Waals surface area (Å²) < 4.78 is 5.13. The highest BCUT2D eigenvalue weighted by molar-refractivity contribution is 4.74. The minimum Gasteiger partial charge on any atom is -0.501 e. The largest absolute Gasteiger partial charge is 0.501 e. The molecule has 1 heteroatoms. The van der Waals surface area contributed by atoms with Gasteiger partial charge in [0.05, 0.1) is 12.9 Å². The lowest BCUT2D eigenvalue weighted by molar-refractivity contribution is 0.234. The van der Waals surface area contributed by atoms with Crippen molar-refractivity contribution in [1.29, 1.82) is 0 Å². The van der Waals surface area contributed by atoms with Crippen LogP contribution in [-0.4, -0.2) is 6.61 Å². The van der Waals surface area contributed by atoms with Crippen molar-refractivity contribution in [3.63, 3.8) is 0 Å². The molecule has 0 aromatic rings. The van der Waals surface area contributed by atoms with E-state index in [0.29, 0.717) is 0 Å². The van der Waals surface area contributed by atoms with Crippen molar-refractivity contribution in [2.45, 2.75) is 19.8 Å². The molecule has 0 atom stereocenters. The summed E-state index contributed by atoms with van der Waals surface area (Å²) in [5.41, 5.74) is 0. The molecule has 1 rings (SSSR count). The van der Waals surface area contributed by atoms with Gasteiger partial charge in [-0.05, 0) is 25.7 Å². The minimum atomic E-state index is 0.881. The van der Waals surface area contributed by atoms with E-state index in [4.69, 9.17) is 4.74 Å². The molecule has 8 heavy (non-hydrogen) atoms. The lowest BCUT2D eigenvalue weighted by atomic mass is 10.5. The van der Waals surface area contributed by atoms with Crippen LogP contribution in [0, 0.1) is 5.92 Å². The second-order valence-corrected chi connectivity index (χ2v) is 2.25. The molecule has 0 radical (unpaired) electrons. The van der Waals surface area contributed by atoms with Crippen molar-refractivity contribution in [3.8, 4) is 0 Å². The van der Waals surface area contributed by atoms with Gasteiger partial charge >= 0.3 is 0 Å². The molecule has 0 aromatic carbocycles. The van der Waals surface area contributed by atoms with Gasteiger partial charge in [0.2, 0.25) is 0 Å². The predicted octanol–water partition coefficient (Wildman–Crippen LogP) is 1.95. The van der Waals surface area contributed by atoms with Gasteiger partial charge in [0.1, 0.15) is 0 Å². The SMILES string of the molecule is C/C=C/OCC1CC1. The van der Waals surface area contributed by atoms with E-state index in [9.17, 15) is 0 Å². The number of ether oxygens (including phenoxy) is 1. The fourth-order valence-corrected chi connectivity index (χ4v) is 0.572. The van der Waals surface area contributed by atoms with E-state index < -0.39 is 0 Å². The van der Waals surface area contributed by atoms with Crippen molar-refractivity contribution in [2.24, 2.45) is 5.92 Å². The van der Waals surface area contributed by atoms with Crippen LogP contribution in [0.25, 0.3) is 0 Å². The average Bonchev–Trinajstić information content (AvgIpc) is 2.51. The van der Waals surface area contributed by atoms with Crippen LogP contribution in [0.3, 0.4) is 0 Å². The fraction of sp³-hybridized carbons (Fsp3) is 0.714. The van der Waals surface area contributed by atoms with Crippen LogP contribution in [0.15, 0.2) is 12.3 Å². The van der Waals surface area contributed by atoms with Gasteiger partial charge in [-0.3, -0.25) is 0 Å². The second kappa shape index (κ2) is 2.75. The van der Waals surface area contributed by atoms with Gasteiger partial charge in [-0.1, -0.05) is 6.08 Å². The van der Waals surface area contributed by atoms with E-state index in [1.807, 2.05) is 13.0 Å². The summed E-state index contributed by atoms with van der Waals surface area (Å²) in [5.74, 6) is 0.881. The summed E-state index contributed by atoms with van der Waals surface area (Å²) in [7, 11) is 0. The lowest BCUT2D eigenvalue weighted by Crippen LogP contribution is -1.86. The van der Waals surface area contributed by atoms with E-state index in [1.165, 1.54) is 12.8 Å². The molecule has 1 aliphatic rings. The van der Waals surface area contributed by atoms with E-state index in [-0.39, 0.29) is 0 Å². The monoisotopic (exact) mass is 112 g/mol. The smallest absolute Gasteiger partial charge is 0.0901 e. The summed E-state index contributed by atoms with van der Waals surface area (Å²) in [6.07, 6.45) is 6.43. The Balaban J connectivity index is 1.88. The van der Waals surface area contributed by atoms with Crippen molar-refractivity contribution in [2.75, 3.05) is 6.61 Å². The molecule has 1 saturated carbocycles. The van der Waals surface area contributed by atoms with Gasteiger partial charge in [-0.25, -0.2) is 0 Å². The highest BCUT2D eigenvalue weighted by atomic mass is 16.5. The summed E-state index contributed by atoms with van der Waals surface area (Å²) >= 11 is 0. The Kier molecular flexibility index (Phi) is 1.95. The van der Waals surface area contributed by atoms with Gasteiger partial charge in [0.15, 0.2) is 0 Å². The molecule has 1 aliphatic carbocycles. The number of allylic oxidation sites excluding steroid dienone is 1. The van der Waals surface area contributed by atoms with E-state index >= 15 is 0 Å². The van der Waals surface area contributed by atoms with E-state index in [2.05, 4.69) is 0 Å². The van der Waals surface area contributed by atoms with Crippen molar-refractivity contribution >= 4 is 0 Å². The van der Waals surface area contributed by atoms with Crippen molar-refractivity contribution in [3.05, 3.63) is 12.3 Å². The van der Waals surface area contributed by atoms with E-state index in [1.54, 1.807) is 6.26 Å². The Hall–Kier alpha value is -0.460. The first-order valence-corrected chi connectivity index (χ1v) is 3.16. The molecule has 0 unspecified atom stereocenters. The molecule has 0 aliphatic heterocycles. The first-order valence-electron chi connectivity index (χ1n) is 3.16. The maximum absolute atomic E-state index is 5.13. The molecule has 1 fully saturated rings. The Morgan fingerprint density at radius 1 is 1.62 bits per heavy atom. The third-order valence-corrected chi connectivity index (χ3v) is 1.26. The van der Waals surface area contributed by atoms with Crippen LogP contribution < -0.4 is 0 Å². The standard InChI is InChI=1S/C7H12O/c1-2-5-8-6-7-3-4-7/h2,5,7H,3-4,6H2,1H3/b5-2+. The maximum Gasteiger partial charge on any atom is 0.0901 e. The maximum atomic E-state index is 5.13. The number of hydrogen-bond acceptors (Lipinski definition) is 1. The Morgan fingerprint density at radius 2 is 2.38 bits per heavy atom. The number of hydrogen-bond donors (Lipinski definition) is 0. The zero-order chi connectivity index (χ0) is 5.82. The molecule has 46 valence electrons. The van der Waals surface area contributed by atoms with Gasteiger partial charge in [0.25, 0.3) is 0 Å². The third kappa shape index (κ3) is 2.01. The highest BCUT2D eigenvalue weighted by Gasteiger charge is 2.20. The predicted molar refractivity (Wildman–Crippen MR) is 33.5 cm³/mol. The van der Waals surface area contributed by atoms with Crippen LogP contribution >= 0.6 is 0 Å². The third-order valence-electron chi connectivity index (χ3n) is 1.26. The second-order valence-electron chi connectivity index (χ2n) is 2.25. The first kappa shape index (κ1) is 5.67. The quantitative estimate of drug-likeness (QED) is 0.507. The zero-order valence-corrected chi connectivity index (χ0v) is 5.26. The van der Waals surface area contributed by atoms with E-state index in [0.717, 1.165) is 12.5 Å². The minimum absolute atomic E-state index is 0.881. The highest BCUT2D eigenvalue weighted by Crippen LogP contribution is 2.28.